The summed E-state index contributed by atoms with van der Waals surface area (Å²) < 4.78 is 19.7. The van der Waals surface area contributed by atoms with Gasteiger partial charge in [-0.05, 0) is 44.3 Å². The average molecular weight is 341 g/mol. The lowest BCUT2D eigenvalue weighted by Crippen LogP contribution is -2.45. The third-order valence-corrected chi connectivity index (χ3v) is 5.04. The third-order valence-electron chi connectivity index (χ3n) is 5.04. The van der Waals surface area contributed by atoms with Crippen LogP contribution in [-0.4, -0.2) is 56.1 Å². The van der Waals surface area contributed by atoms with E-state index in [2.05, 4.69) is 21.7 Å². The molecule has 2 heterocycles. The van der Waals surface area contributed by atoms with Crippen LogP contribution in [0.2, 0.25) is 0 Å². The molecule has 1 fully saturated rings. The molecule has 0 saturated carbocycles. The minimum absolute atomic E-state index is 0.231. The molecular weight excluding hydrogens is 317 g/mol. The predicted molar refractivity (Wildman–Crippen MR) is 98.5 cm³/mol. The number of anilines is 2. The summed E-state index contributed by atoms with van der Waals surface area (Å²) in [7, 11) is 2.17. The van der Waals surface area contributed by atoms with E-state index >= 15 is 0 Å². The van der Waals surface area contributed by atoms with Crippen LogP contribution in [0.3, 0.4) is 0 Å². The normalized spacial score (nSPS) is 17.8. The van der Waals surface area contributed by atoms with Crippen molar-refractivity contribution in [2.75, 3.05) is 51.2 Å². The van der Waals surface area contributed by atoms with Gasteiger partial charge in [-0.25, -0.2) is 4.39 Å². The van der Waals surface area contributed by atoms with Crippen molar-refractivity contribution in [1.82, 2.24) is 9.80 Å². The summed E-state index contributed by atoms with van der Waals surface area (Å²) in [6.07, 6.45) is 1.04. The van der Waals surface area contributed by atoms with Gasteiger partial charge in [0.1, 0.15) is 5.82 Å². The Hall–Kier alpha value is -2.11. The lowest BCUT2D eigenvalue weighted by atomic mass is 10.1. The smallest absolute Gasteiger partial charge is 0.151 e. The topological polar surface area (TPSA) is 19.0 Å². The highest BCUT2D eigenvalue weighted by Crippen LogP contribution is 2.46. The van der Waals surface area contributed by atoms with Crippen LogP contribution in [0.25, 0.3) is 0 Å². The number of hydrogen-bond acceptors (Lipinski definition) is 4. The molecule has 2 aliphatic heterocycles. The summed E-state index contributed by atoms with van der Waals surface area (Å²) in [6, 6.07) is 12.7. The zero-order chi connectivity index (χ0) is 17.2. The minimum Gasteiger partial charge on any atom is -0.453 e. The number of halogens is 1. The van der Waals surface area contributed by atoms with Crippen molar-refractivity contribution < 1.29 is 9.13 Å². The molecule has 0 unspecified atom stereocenters. The second-order valence-electron chi connectivity index (χ2n) is 6.83. The number of fused-ring (bicyclic) bond motifs is 2. The van der Waals surface area contributed by atoms with Crippen LogP contribution in [0.1, 0.15) is 6.42 Å². The highest BCUT2D eigenvalue weighted by atomic mass is 19.1. The van der Waals surface area contributed by atoms with Gasteiger partial charge in [0.2, 0.25) is 0 Å². The fourth-order valence-electron chi connectivity index (χ4n) is 3.57. The molecule has 2 aromatic rings. The van der Waals surface area contributed by atoms with Gasteiger partial charge in [0.25, 0.3) is 0 Å². The second kappa shape index (κ2) is 7.02. The van der Waals surface area contributed by atoms with Crippen molar-refractivity contribution in [3.63, 3.8) is 0 Å². The van der Waals surface area contributed by atoms with E-state index in [1.54, 1.807) is 12.1 Å². The van der Waals surface area contributed by atoms with E-state index in [-0.39, 0.29) is 5.82 Å². The Morgan fingerprint density at radius 3 is 2.52 bits per heavy atom. The molecule has 4 rings (SSSR count). The van der Waals surface area contributed by atoms with Gasteiger partial charge in [0.15, 0.2) is 11.5 Å². The largest absolute Gasteiger partial charge is 0.453 e. The summed E-state index contributed by atoms with van der Waals surface area (Å²) in [6.45, 7) is 6.44. The van der Waals surface area contributed by atoms with E-state index in [0.717, 1.165) is 68.6 Å². The third kappa shape index (κ3) is 3.48. The molecule has 0 spiro atoms. The van der Waals surface area contributed by atoms with Gasteiger partial charge < -0.3 is 19.4 Å². The first-order chi connectivity index (χ1) is 12.2. The van der Waals surface area contributed by atoms with Crippen LogP contribution in [-0.2, 0) is 0 Å². The monoisotopic (exact) mass is 341 g/mol. The summed E-state index contributed by atoms with van der Waals surface area (Å²) in [5.41, 5.74) is 1.83. The molecular formula is C20H24FN3O. The van der Waals surface area contributed by atoms with Gasteiger partial charge >= 0.3 is 0 Å². The Balaban J connectivity index is 1.49. The molecule has 0 amide bonds. The van der Waals surface area contributed by atoms with Crippen LogP contribution in [0.4, 0.5) is 15.8 Å². The van der Waals surface area contributed by atoms with E-state index in [0.29, 0.717) is 0 Å². The van der Waals surface area contributed by atoms with E-state index in [1.807, 2.05) is 24.3 Å². The molecule has 2 aromatic carbocycles. The van der Waals surface area contributed by atoms with E-state index in [1.165, 1.54) is 6.07 Å². The zero-order valence-electron chi connectivity index (χ0n) is 14.6. The summed E-state index contributed by atoms with van der Waals surface area (Å²) in [5.74, 6) is 1.33. The molecule has 2 aliphatic rings. The number of benzene rings is 2. The molecule has 0 radical (unpaired) electrons. The zero-order valence-corrected chi connectivity index (χ0v) is 14.6. The van der Waals surface area contributed by atoms with Crippen LogP contribution >= 0.6 is 0 Å². The Morgan fingerprint density at radius 2 is 1.68 bits per heavy atom. The Morgan fingerprint density at radius 1 is 0.920 bits per heavy atom. The molecule has 132 valence electrons. The quantitative estimate of drug-likeness (QED) is 0.844. The van der Waals surface area contributed by atoms with Gasteiger partial charge in [-0.3, -0.25) is 0 Å². The number of para-hydroxylation sites is 2. The highest BCUT2D eigenvalue weighted by molar-refractivity contribution is 5.77. The Kier molecular flexibility index (Phi) is 4.59. The van der Waals surface area contributed by atoms with Crippen molar-refractivity contribution >= 4 is 11.4 Å². The molecule has 25 heavy (non-hydrogen) atoms. The van der Waals surface area contributed by atoms with Crippen molar-refractivity contribution in [3.05, 3.63) is 48.3 Å². The van der Waals surface area contributed by atoms with Crippen LogP contribution < -0.4 is 9.64 Å². The van der Waals surface area contributed by atoms with Gasteiger partial charge in [-0.15, -0.1) is 0 Å². The maximum absolute atomic E-state index is 13.8. The number of hydrogen-bond donors (Lipinski definition) is 0. The molecule has 0 aromatic heterocycles. The van der Waals surface area contributed by atoms with E-state index < -0.39 is 0 Å². The Labute approximate surface area is 148 Å². The van der Waals surface area contributed by atoms with Crippen molar-refractivity contribution in [2.24, 2.45) is 0 Å². The van der Waals surface area contributed by atoms with Crippen molar-refractivity contribution in [1.29, 1.82) is 0 Å². The maximum Gasteiger partial charge on any atom is 0.151 e. The predicted octanol–water partition coefficient (Wildman–Crippen LogP) is 3.71. The van der Waals surface area contributed by atoms with Crippen LogP contribution in [0, 0.1) is 5.82 Å². The second-order valence-corrected chi connectivity index (χ2v) is 6.83. The number of rotatable bonds is 4. The number of ether oxygens (including phenoxy) is 1. The SMILES string of the molecule is CN1CCN(CCCN2c3ccccc3Oc3ccc(F)cc32)CC1. The van der Waals surface area contributed by atoms with Crippen LogP contribution in [0.15, 0.2) is 42.5 Å². The molecule has 0 N–H and O–H groups in total. The molecule has 5 heteroatoms. The number of piperazine rings is 1. The van der Waals surface area contributed by atoms with E-state index in [9.17, 15) is 4.39 Å². The van der Waals surface area contributed by atoms with Gasteiger partial charge in [0.05, 0.1) is 11.4 Å². The number of likely N-dealkylation sites (N-methyl/N-ethyl adjacent to an activating group) is 1. The van der Waals surface area contributed by atoms with Crippen LogP contribution in [0.5, 0.6) is 11.5 Å². The molecule has 0 bridgehead atoms. The summed E-state index contributed by atoms with van der Waals surface area (Å²) in [5, 5.41) is 0. The van der Waals surface area contributed by atoms with Crippen molar-refractivity contribution in [2.45, 2.75) is 6.42 Å². The standard InChI is InChI=1S/C20H24FN3O/c1-22-11-13-23(14-12-22)9-4-10-24-17-5-2-3-6-19(17)25-20-8-7-16(21)15-18(20)24/h2-3,5-8,15H,4,9-14H2,1H3. The summed E-state index contributed by atoms with van der Waals surface area (Å²) in [4.78, 5) is 7.07. The average Bonchev–Trinajstić information content (AvgIpc) is 2.63. The highest BCUT2D eigenvalue weighted by Gasteiger charge is 2.24. The van der Waals surface area contributed by atoms with Crippen molar-refractivity contribution in [3.8, 4) is 11.5 Å². The lowest BCUT2D eigenvalue weighted by Gasteiger charge is -2.35. The summed E-state index contributed by atoms with van der Waals surface area (Å²) >= 11 is 0. The first-order valence-electron chi connectivity index (χ1n) is 8.95. The molecule has 4 nitrogen and oxygen atoms in total. The fraction of sp³-hybridized carbons (Fsp3) is 0.400. The molecule has 1 saturated heterocycles. The Bertz CT molecular complexity index is 743. The first-order valence-corrected chi connectivity index (χ1v) is 8.95. The lowest BCUT2D eigenvalue weighted by molar-refractivity contribution is 0.153. The van der Waals surface area contributed by atoms with E-state index in [4.69, 9.17) is 4.74 Å². The molecule has 0 aliphatic carbocycles. The van der Waals surface area contributed by atoms with Gasteiger partial charge in [-0.2, -0.15) is 0 Å². The molecule has 0 atom stereocenters. The van der Waals surface area contributed by atoms with Gasteiger partial charge in [-0.1, -0.05) is 12.1 Å². The van der Waals surface area contributed by atoms with Gasteiger partial charge in [0, 0.05) is 38.8 Å². The maximum atomic E-state index is 13.8. The minimum atomic E-state index is -0.231. The number of nitrogens with zero attached hydrogens (tertiary/aromatic N) is 3. The first kappa shape index (κ1) is 16.4. The fourth-order valence-corrected chi connectivity index (χ4v) is 3.57.